The zero-order valence-electron chi connectivity index (χ0n) is 14.3. The largest absolute Gasteiger partial charge is 0.379 e. The van der Waals surface area contributed by atoms with E-state index in [2.05, 4.69) is 17.3 Å². The number of amides is 2. The van der Waals surface area contributed by atoms with Gasteiger partial charge < -0.3 is 15.0 Å². The highest BCUT2D eigenvalue weighted by atomic mass is 32.1. The Labute approximate surface area is 146 Å². The molecule has 3 heterocycles. The van der Waals surface area contributed by atoms with Crippen molar-refractivity contribution in [1.82, 2.24) is 15.1 Å². The van der Waals surface area contributed by atoms with Gasteiger partial charge in [-0.05, 0) is 32.0 Å². The number of carbonyl (C=O) groups is 2. The number of carbonyl (C=O) groups excluding carboxylic acids is 2. The van der Waals surface area contributed by atoms with Gasteiger partial charge in [-0.15, -0.1) is 11.3 Å². The van der Waals surface area contributed by atoms with Crippen molar-refractivity contribution in [2.45, 2.75) is 31.4 Å². The lowest BCUT2D eigenvalue weighted by Gasteiger charge is -2.49. The molecule has 3 rings (SSSR count). The normalized spacial score (nSPS) is 25.6. The molecule has 2 saturated heterocycles. The maximum absolute atomic E-state index is 12.9. The summed E-state index contributed by atoms with van der Waals surface area (Å²) in [5, 5.41) is 2.95. The minimum atomic E-state index is -0.0975. The Kier molecular flexibility index (Phi) is 5.22. The van der Waals surface area contributed by atoms with Gasteiger partial charge in [-0.1, -0.05) is 0 Å². The number of rotatable bonds is 3. The van der Waals surface area contributed by atoms with E-state index in [1.807, 2.05) is 17.0 Å². The first kappa shape index (κ1) is 17.4. The molecule has 0 bridgehead atoms. The van der Waals surface area contributed by atoms with E-state index >= 15 is 0 Å². The Morgan fingerprint density at radius 1 is 1.38 bits per heavy atom. The summed E-state index contributed by atoms with van der Waals surface area (Å²) in [5.74, 6) is 0.213. The average molecular weight is 351 g/mol. The maximum atomic E-state index is 12.9. The van der Waals surface area contributed by atoms with E-state index in [-0.39, 0.29) is 17.4 Å². The molecule has 1 spiro atoms. The SMILES string of the molecule is COCc1ccc(C(=O)N2CCN(C)[C@@]3(CCNC(=O)CC3)C2)s1. The summed E-state index contributed by atoms with van der Waals surface area (Å²) in [6.45, 7) is 3.49. The van der Waals surface area contributed by atoms with Crippen LogP contribution in [0.3, 0.4) is 0 Å². The van der Waals surface area contributed by atoms with Gasteiger partial charge in [0.1, 0.15) is 0 Å². The number of nitrogens with one attached hydrogen (secondary N) is 1. The van der Waals surface area contributed by atoms with Crippen molar-refractivity contribution in [2.24, 2.45) is 0 Å². The van der Waals surface area contributed by atoms with Crippen LogP contribution in [0.2, 0.25) is 0 Å². The quantitative estimate of drug-likeness (QED) is 0.892. The molecule has 7 heteroatoms. The van der Waals surface area contributed by atoms with Crippen LogP contribution in [0.25, 0.3) is 0 Å². The number of likely N-dealkylation sites (N-methyl/N-ethyl adjacent to an activating group) is 1. The van der Waals surface area contributed by atoms with Crippen LogP contribution in [-0.4, -0.2) is 67.5 Å². The van der Waals surface area contributed by atoms with E-state index < -0.39 is 0 Å². The molecule has 2 amide bonds. The molecule has 2 aliphatic heterocycles. The summed E-state index contributed by atoms with van der Waals surface area (Å²) in [6.07, 6.45) is 2.22. The Bertz CT molecular complexity index is 618. The second kappa shape index (κ2) is 7.21. The third-order valence-corrected chi connectivity index (χ3v) is 6.22. The Morgan fingerprint density at radius 3 is 3.00 bits per heavy atom. The highest BCUT2D eigenvalue weighted by Gasteiger charge is 2.42. The number of nitrogens with zero attached hydrogens (tertiary/aromatic N) is 2. The number of ether oxygens (including phenoxy) is 1. The van der Waals surface area contributed by atoms with Crippen molar-refractivity contribution in [2.75, 3.05) is 40.3 Å². The fraction of sp³-hybridized carbons (Fsp3) is 0.647. The van der Waals surface area contributed by atoms with Crippen LogP contribution < -0.4 is 5.32 Å². The molecule has 132 valence electrons. The van der Waals surface area contributed by atoms with Crippen molar-refractivity contribution < 1.29 is 14.3 Å². The second-order valence-corrected chi connectivity index (χ2v) is 7.84. The molecule has 24 heavy (non-hydrogen) atoms. The van der Waals surface area contributed by atoms with Gasteiger partial charge in [0.15, 0.2) is 0 Å². The van der Waals surface area contributed by atoms with Gasteiger partial charge in [-0.2, -0.15) is 0 Å². The monoisotopic (exact) mass is 351 g/mol. The van der Waals surface area contributed by atoms with E-state index in [1.165, 1.54) is 11.3 Å². The van der Waals surface area contributed by atoms with Crippen LogP contribution in [-0.2, 0) is 16.1 Å². The van der Waals surface area contributed by atoms with Gasteiger partial charge in [0.2, 0.25) is 5.91 Å². The molecule has 2 aliphatic rings. The first-order chi connectivity index (χ1) is 11.5. The van der Waals surface area contributed by atoms with Gasteiger partial charge in [-0.3, -0.25) is 14.5 Å². The van der Waals surface area contributed by atoms with Crippen molar-refractivity contribution in [3.05, 3.63) is 21.9 Å². The molecule has 0 aromatic carbocycles. The fourth-order valence-corrected chi connectivity index (χ4v) is 4.59. The standard InChI is InChI=1S/C17H25N3O3S/c1-19-9-10-20(12-17(19)6-5-15(21)18-8-7-17)16(22)14-4-3-13(24-14)11-23-2/h3-4H,5-12H2,1-2H3,(H,18,21)/t17-/m0/s1. The predicted molar refractivity (Wildman–Crippen MR) is 93.2 cm³/mol. The topological polar surface area (TPSA) is 61.9 Å². The summed E-state index contributed by atoms with van der Waals surface area (Å²) < 4.78 is 5.13. The maximum Gasteiger partial charge on any atom is 0.264 e. The minimum Gasteiger partial charge on any atom is -0.379 e. The molecular formula is C17H25N3O3S. The minimum absolute atomic E-state index is 0.0957. The average Bonchev–Trinajstić information content (AvgIpc) is 2.95. The summed E-state index contributed by atoms with van der Waals surface area (Å²) in [5.41, 5.74) is -0.0975. The zero-order valence-corrected chi connectivity index (χ0v) is 15.2. The zero-order chi connectivity index (χ0) is 17.2. The van der Waals surface area contributed by atoms with E-state index in [0.29, 0.717) is 26.1 Å². The van der Waals surface area contributed by atoms with E-state index in [0.717, 1.165) is 35.7 Å². The van der Waals surface area contributed by atoms with Gasteiger partial charge in [0.25, 0.3) is 5.91 Å². The molecule has 1 N–H and O–H groups in total. The summed E-state index contributed by atoms with van der Waals surface area (Å²) in [4.78, 5) is 30.7. The first-order valence-electron chi connectivity index (χ1n) is 8.39. The predicted octanol–water partition coefficient (Wildman–Crippen LogP) is 1.32. The van der Waals surface area contributed by atoms with Gasteiger partial charge in [0, 0.05) is 50.1 Å². The van der Waals surface area contributed by atoms with Crippen LogP contribution >= 0.6 is 11.3 Å². The molecule has 0 saturated carbocycles. The number of hydrogen-bond donors (Lipinski definition) is 1. The van der Waals surface area contributed by atoms with Crippen molar-refractivity contribution in [1.29, 1.82) is 0 Å². The molecule has 0 radical (unpaired) electrons. The number of hydrogen-bond acceptors (Lipinski definition) is 5. The lowest BCUT2D eigenvalue weighted by atomic mass is 9.86. The molecule has 0 unspecified atom stereocenters. The molecule has 0 aliphatic carbocycles. The number of thiophene rings is 1. The summed E-state index contributed by atoms with van der Waals surface area (Å²) >= 11 is 1.50. The van der Waals surface area contributed by atoms with E-state index in [9.17, 15) is 9.59 Å². The molecule has 6 nitrogen and oxygen atoms in total. The van der Waals surface area contributed by atoms with Crippen LogP contribution in [0.5, 0.6) is 0 Å². The lowest BCUT2D eigenvalue weighted by Crippen LogP contribution is -2.62. The summed E-state index contributed by atoms with van der Waals surface area (Å²) in [7, 11) is 3.77. The Morgan fingerprint density at radius 2 is 2.21 bits per heavy atom. The molecule has 2 fully saturated rings. The summed E-state index contributed by atoms with van der Waals surface area (Å²) in [6, 6.07) is 3.85. The van der Waals surface area contributed by atoms with E-state index in [1.54, 1.807) is 7.11 Å². The Hall–Kier alpha value is -1.44. The molecule has 1 atom stereocenters. The van der Waals surface area contributed by atoms with Crippen molar-refractivity contribution in [3.8, 4) is 0 Å². The fourth-order valence-electron chi connectivity index (χ4n) is 3.64. The third-order valence-electron chi connectivity index (χ3n) is 5.18. The third kappa shape index (κ3) is 3.48. The Balaban J connectivity index is 1.74. The highest BCUT2D eigenvalue weighted by Crippen LogP contribution is 2.31. The smallest absolute Gasteiger partial charge is 0.264 e. The number of methoxy groups -OCH3 is 1. The van der Waals surface area contributed by atoms with Gasteiger partial charge in [-0.25, -0.2) is 0 Å². The van der Waals surface area contributed by atoms with Gasteiger partial charge >= 0.3 is 0 Å². The van der Waals surface area contributed by atoms with Crippen molar-refractivity contribution >= 4 is 23.2 Å². The lowest BCUT2D eigenvalue weighted by molar-refractivity contribution is -0.121. The molecular weight excluding hydrogens is 326 g/mol. The first-order valence-corrected chi connectivity index (χ1v) is 9.21. The van der Waals surface area contributed by atoms with Crippen LogP contribution in [0.1, 0.15) is 33.8 Å². The van der Waals surface area contributed by atoms with Crippen LogP contribution in [0, 0.1) is 0 Å². The molecule has 1 aromatic rings. The van der Waals surface area contributed by atoms with Crippen molar-refractivity contribution in [3.63, 3.8) is 0 Å². The van der Waals surface area contributed by atoms with Crippen LogP contribution in [0.15, 0.2) is 12.1 Å². The van der Waals surface area contributed by atoms with Crippen LogP contribution in [0.4, 0.5) is 0 Å². The number of piperazine rings is 1. The van der Waals surface area contributed by atoms with Gasteiger partial charge in [0.05, 0.1) is 11.5 Å². The van der Waals surface area contributed by atoms with E-state index in [4.69, 9.17) is 4.74 Å². The molecule has 1 aromatic heterocycles. The highest BCUT2D eigenvalue weighted by molar-refractivity contribution is 7.14. The second-order valence-electron chi connectivity index (χ2n) is 6.67.